The fourth-order valence-corrected chi connectivity index (χ4v) is 3.61. The van der Waals surface area contributed by atoms with Crippen molar-refractivity contribution in [1.29, 1.82) is 0 Å². The summed E-state index contributed by atoms with van der Waals surface area (Å²) in [5.74, 6) is 2.62. The van der Waals surface area contributed by atoms with Gasteiger partial charge >= 0.3 is 0 Å². The van der Waals surface area contributed by atoms with Crippen LogP contribution in [0.3, 0.4) is 0 Å². The van der Waals surface area contributed by atoms with Gasteiger partial charge in [-0.05, 0) is 43.8 Å². The van der Waals surface area contributed by atoms with Crippen LogP contribution in [0.25, 0.3) is 0 Å². The monoisotopic (exact) mass is 301 g/mol. The average Bonchev–Trinajstić information content (AvgIpc) is 2.78. The SMILES string of the molecule is C=CC1=C(/C=C\C)Oc2ccc(Cl)cc2C2CN(C)CC12. The van der Waals surface area contributed by atoms with Gasteiger partial charge < -0.3 is 9.64 Å². The zero-order valence-electron chi connectivity index (χ0n) is 12.5. The van der Waals surface area contributed by atoms with Crippen molar-refractivity contribution in [3.05, 3.63) is 64.9 Å². The molecule has 0 N–H and O–H groups in total. The van der Waals surface area contributed by atoms with Gasteiger partial charge in [0.15, 0.2) is 0 Å². The Bertz CT molecular complexity index is 632. The standard InChI is InChI=1S/C18H20ClNO/c1-4-6-17-13(5-2)15-10-20(3)11-16(15)14-9-12(19)7-8-18(14)21-17/h4-9,15-16H,2,10-11H2,1,3H3/b6-4-. The molecule has 2 aliphatic heterocycles. The van der Waals surface area contributed by atoms with Crippen LogP contribution in [0, 0.1) is 5.92 Å². The van der Waals surface area contributed by atoms with E-state index in [-0.39, 0.29) is 0 Å². The van der Waals surface area contributed by atoms with Gasteiger partial charge in [0, 0.05) is 35.5 Å². The third-order valence-corrected chi connectivity index (χ3v) is 4.55. The normalized spacial score (nSPS) is 25.5. The van der Waals surface area contributed by atoms with Gasteiger partial charge in [-0.1, -0.05) is 30.3 Å². The van der Waals surface area contributed by atoms with Gasteiger partial charge in [0.1, 0.15) is 11.5 Å². The average molecular weight is 302 g/mol. The zero-order chi connectivity index (χ0) is 15.0. The van der Waals surface area contributed by atoms with Gasteiger partial charge in [-0.25, -0.2) is 0 Å². The molecule has 0 aromatic heterocycles. The van der Waals surface area contributed by atoms with Crippen LogP contribution in [0.15, 0.2) is 54.3 Å². The number of halogens is 1. The zero-order valence-corrected chi connectivity index (χ0v) is 13.2. The maximum Gasteiger partial charge on any atom is 0.131 e. The Morgan fingerprint density at radius 1 is 1.33 bits per heavy atom. The Balaban J connectivity index is 2.18. The van der Waals surface area contributed by atoms with Crippen LogP contribution in [0.1, 0.15) is 18.4 Å². The first-order chi connectivity index (χ1) is 10.1. The van der Waals surface area contributed by atoms with E-state index in [0.717, 1.165) is 29.6 Å². The second kappa shape index (κ2) is 5.70. The van der Waals surface area contributed by atoms with Gasteiger partial charge in [0.25, 0.3) is 0 Å². The lowest BCUT2D eigenvalue weighted by Crippen LogP contribution is -2.15. The third-order valence-electron chi connectivity index (χ3n) is 4.32. The Labute approximate surface area is 131 Å². The van der Waals surface area contributed by atoms with Crippen LogP contribution in [0.5, 0.6) is 5.75 Å². The number of rotatable bonds is 2. The van der Waals surface area contributed by atoms with Crippen molar-refractivity contribution < 1.29 is 4.74 Å². The first-order valence-electron chi connectivity index (χ1n) is 7.29. The number of hydrogen-bond donors (Lipinski definition) is 0. The van der Waals surface area contributed by atoms with Crippen molar-refractivity contribution in [3.8, 4) is 5.75 Å². The lowest BCUT2D eigenvalue weighted by Gasteiger charge is -2.18. The molecule has 110 valence electrons. The molecule has 21 heavy (non-hydrogen) atoms. The number of ether oxygens (including phenoxy) is 1. The molecule has 0 aliphatic carbocycles. The Kier molecular flexibility index (Phi) is 3.92. The van der Waals surface area contributed by atoms with Crippen LogP contribution < -0.4 is 4.74 Å². The number of allylic oxidation sites excluding steroid dienone is 3. The predicted molar refractivity (Wildman–Crippen MR) is 87.8 cm³/mol. The second-order valence-corrected chi connectivity index (χ2v) is 6.18. The van der Waals surface area contributed by atoms with Crippen LogP contribution in [-0.2, 0) is 0 Å². The number of fused-ring (bicyclic) bond motifs is 3. The van der Waals surface area contributed by atoms with Crippen molar-refractivity contribution in [2.24, 2.45) is 5.92 Å². The number of benzene rings is 1. The number of nitrogens with zero attached hydrogens (tertiary/aromatic N) is 1. The summed E-state index contributed by atoms with van der Waals surface area (Å²) in [4.78, 5) is 2.36. The molecule has 2 aliphatic rings. The smallest absolute Gasteiger partial charge is 0.131 e. The largest absolute Gasteiger partial charge is 0.457 e. The van der Waals surface area contributed by atoms with Gasteiger partial charge in [0.2, 0.25) is 0 Å². The van der Waals surface area contributed by atoms with E-state index >= 15 is 0 Å². The number of hydrogen-bond acceptors (Lipinski definition) is 2. The molecule has 1 saturated heterocycles. The molecule has 2 heterocycles. The van der Waals surface area contributed by atoms with E-state index in [1.165, 1.54) is 11.1 Å². The minimum absolute atomic E-state index is 0.401. The molecule has 3 heteroatoms. The van der Waals surface area contributed by atoms with E-state index in [2.05, 4.69) is 18.5 Å². The van der Waals surface area contributed by atoms with Gasteiger partial charge in [-0.2, -0.15) is 0 Å². The summed E-state index contributed by atoms with van der Waals surface area (Å²) in [6.07, 6.45) is 5.98. The summed E-state index contributed by atoms with van der Waals surface area (Å²) < 4.78 is 6.17. The van der Waals surface area contributed by atoms with Crippen molar-refractivity contribution in [1.82, 2.24) is 4.90 Å². The Hall–Kier alpha value is -1.51. The maximum absolute atomic E-state index is 6.21. The van der Waals surface area contributed by atoms with Crippen LogP contribution in [0.2, 0.25) is 5.02 Å². The minimum Gasteiger partial charge on any atom is -0.457 e. The van der Waals surface area contributed by atoms with Gasteiger partial charge in [0.05, 0.1) is 0 Å². The minimum atomic E-state index is 0.401. The van der Waals surface area contributed by atoms with Gasteiger partial charge in [-0.15, -0.1) is 0 Å². The summed E-state index contributed by atoms with van der Waals surface area (Å²) >= 11 is 6.21. The summed E-state index contributed by atoms with van der Waals surface area (Å²) in [6, 6.07) is 5.91. The molecule has 1 fully saturated rings. The topological polar surface area (TPSA) is 12.5 Å². The molecular weight excluding hydrogens is 282 g/mol. The van der Waals surface area contributed by atoms with Crippen molar-refractivity contribution in [2.75, 3.05) is 20.1 Å². The second-order valence-electron chi connectivity index (χ2n) is 5.74. The summed E-state index contributed by atoms with van der Waals surface area (Å²) in [5.41, 5.74) is 2.39. The van der Waals surface area contributed by atoms with E-state index in [4.69, 9.17) is 16.3 Å². The molecule has 0 spiro atoms. The predicted octanol–water partition coefficient (Wildman–Crippen LogP) is 4.39. The molecule has 2 unspecified atom stereocenters. The first kappa shape index (κ1) is 14.4. The highest BCUT2D eigenvalue weighted by atomic mass is 35.5. The molecular formula is C18H20ClNO. The van der Waals surface area contributed by atoms with Crippen LogP contribution in [0.4, 0.5) is 0 Å². The maximum atomic E-state index is 6.21. The van der Waals surface area contributed by atoms with Crippen molar-refractivity contribution in [2.45, 2.75) is 12.8 Å². The molecule has 3 rings (SSSR count). The van der Waals surface area contributed by atoms with E-state index in [1.807, 2.05) is 43.4 Å². The van der Waals surface area contributed by atoms with Gasteiger partial charge in [-0.3, -0.25) is 0 Å². The van der Waals surface area contributed by atoms with Crippen molar-refractivity contribution in [3.63, 3.8) is 0 Å². The number of likely N-dealkylation sites (tertiary alicyclic amines) is 1. The Morgan fingerprint density at radius 3 is 2.81 bits per heavy atom. The molecule has 1 aromatic rings. The highest BCUT2D eigenvalue weighted by molar-refractivity contribution is 6.30. The first-order valence-corrected chi connectivity index (χ1v) is 7.67. The summed E-state index contributed by atoms with van der Waals surface area (Å²) in [5, 5.41) is 0.764. The molecule has 2 nitrogen and oxygen atoms in total. The fourth-order valence-electron chi connectivity index (χ4n) is 3.43. The van der Waals surface area contributed by atoms with E-state index in [1.54, 1.807) is 0 Å². The Morgan fingerprint density at radius 2 is 2.10 bits per heavy atom. The number of likely N-dealkylation sites (N-methyl/N-ethyl adjacent to an activating group) is 1. The van der Waals surface area contributed by atoms with E-state index < -0.39 is 0 Å². The van der Waals surface area contributed by atoms with E-state index in [0.29, 0.717) is 11.8 Å². The quantitative estimate of drug-likeness (QED) is 0.803. The highest BCUT2D eigenvalue weighted by Gasteiger charge is 2.38. The van der Waals surface area contributed by atoms with Crippen LogP contribution in [-0.4, -0.2) is 25.0 Å². The lowest BCUT2D eigenvalue weighted by atomic mass is 9.83. The summed E-state index contributed by atoms with van der Waals surface area (Å²) in [7, 11) is 2.16. The summed E-state index contributed by atoms with van der Waals surface area (Å²) in [6.45, 7) is 8.04. The van der Waals surface area contributed by atoms with Crippen molar-refractivity contribution >= 4 is 11.6 Å². The molecule has 0 radical (unpaired) electrons. The molecule has 1 aromatic carbocycles. The fraction of sp³-hybridized carbons (Fsp3) is 0.333. The van der Waals surface area contributed by atoms with Crippen LogP contribution >= 0.6 is 11.6 Å². The highest BCUT2D eigenvalue weighted by Crippen LogP contribution is 2.45. The molecule has 2 atom stereocenters. The van der Waals surface area contributed by atoms with E-state index in [9.17, 15) is 0 Å². The third kappa shape index (κ3) is 2.54. The molecule has 0 saturated carbocycles. The molecule has 0 amide bonds. The lowest BCUT2D eigenvalue weighted by molar-refractivity contribution is 0.392. The molecule has 0 bridgehead atoms.